The fourth-order valence-electron chi connectivity index (χ4n) is 1.56. The molecule has 4 nitrogen and oxygen atoms in total. The second kappa shape index (κ2) is 3.14. The van der Waals surface area contributed by atoms with Crippen LogP contribution in [0, 0.1) is 0 Å². The van der Waals surface area contributed by atoms with E-state index in [2.05, 4.69) is 0 Å². The number of aromatic nitrogens is 1. The molecule has 0 atom stereocenters. The van der Waals surface area contributed by atoms with Crippen LogP contribution in [0.5, 0.6) is 11.5 Å². The summed E-state index contributed by atoms with van der Waals surface area (Å²) in [4.78, 5) is 0. The maximum Gasteiger partial charge on any atom is 0.170 e. The highest BCUT2D eigenvalue weighted by molar-refractivity contribution is 5.89. The molecule has 0 aliphatic rings. The number of nitrogens with zero attached hydrogens (tertiary/aromatic N) is 1. The Morgan fingerprint density at radius 2 is 1.93 bits per heavy atom. The van der Waals surface area contributed by atoms with E-state index in [-0.39, 0.29) is 0 Å². The van der Waals surface area contributed by atoms with E-state index in [0.717, 1.165) is 10.9 Å². The summed E-state index contributed by atoms with van der Waals surface area (Å²) in [5.74, 6) is 7.14. The van der Waals surface area contributed by atoms with Crippen molar-refractivity contribution < 1.29 is 9.47 Å². The van der Waals surface area contributed by atoms with Crippen molar-refractivity contribution in [3.63, 3.8) is 0 Å². The van der Waals surface area contributed by atoms with Crippen LogP contribution in [0.4, 0.5) is 0 Å². The van der Waals surface area contributed by atoms with E-state index in [4.69, 9.17) is 15.3 Å². The van der Waals surface area contributed by atoms with Crippen molar-refractivity contribution in [1.82, 2.24) is 4.68 Å². The largest absolute Gasteiger partial charge is 0.493 e. The molecule has 14 heavy (non-hydrogen) atoms. The Morgan fingerprint density at radius 1 is 1.14 bits per heavy atom. The highest BCUT2D eigenvalue weighted by Gasteiger charge is 2.10. The highest BCUT2D eigenvalue weighted by Crippen LogP contribution is 2.35. The van der Waals surface area contributed by atoms with Crippen molar-refractivity contribution in [3.05, 3.63) is 24.4 Å². The van der Waals surface area contributed by atoms with Crippen LogP contribution in [-0.4, -0.2) is 18.9 Å². The molecule has 0 fully saturated rings. The van der Waals surface area contributed by atoms with Gasteiger partial charge in [0, 0.05) is 11.6 Å². The van der Waals surface area contributed by atoms with Crippen molar-refractivity contribution in [1.29, 1.82) is 0 Å². The molecule has 2 aromatic rings. The molecule has 4 heteroatoms. The average molecular weight is 192 g/mol. The van der Waals surface area contributed by atoms with Gasteiger partial charge in [-0.15, -0.1) is 0 Å². The van der Waals surface area contributed by atoms with Crippen LogP contribution >= 0.6 is 0 Å². The van der Waals surface area contributed by atoms with Crippen LogP contribution in [0.15, 0.2) is 24.4 Å². The smallest absolute Gasteiger partial charge is 0.170 e. The molecule has 0 amide bonds. The number of hydrogen-bond acceptors (Lipinski definition) is 3. The molecule has 1 aromatic carbocycles. The predicted molar refractivity (Wildman–Crippen MR) is 55.2 cm³/mol. The van der Waals surface area contributed by atoms with Gasteiger partial charge in [0.1, 0.15) is 0 Å². The minimum Gasteiger partial charge on any atom is -0.493 e. The predicted octanol–water partition coefficient (Wildman–Crippen LogP) is 1.37. The molecule has 1 aromatic heterocycles. The average Bonchev–Trinajstić information content (AvgIpc) is 2.59. The number of nitrogens with two attached hydrogens (primary N) is 1. The van der Waals surface area contributed by atoms with Gasteiger partial charge >= 0.3 is 0 Å². The Morgan fingerprint density at radius 3 is 2.57 bits per heavy atom. The SMILES string of the molecule is COc1ccc2c(ccn2N)c1OC. The number of nitrogen functional groups attached to an aromatic ring is 1. The van der Waals surface area contributed by atoms with Gasteiger partial charge in [0.15, 0.2) is 11.5 Å². The van der Waals surface area contributed by atoms with E-state index in [1.54, 1.807) is 25.1 Å². The number of fused-ring (bicyclic) bond motifs is 1. The molecule has 0 aliphatic heterocycles. The Kier molecular flexibility index (Phi) is 1.96. The van der Waals surface area contributed by atoms with E-state index in [1.165, 1.54) is 0 Å². The molecule has 0 saturated heterocycles. The maximum atomic E-state index is 5.71. The van der Waals surface area contributed by atoms with Crippen LogP contribution in [0.2, 0.25) is 0 Å². The number of hydrogen-bond donors (Lipinski definition) is 1. The first-order valence-corrected chi connectivity index (χ1v) is 4.25. The number of benzene rings is 1. The first-order valence-electron chi connectivity index (χ1n) is 4.25. The van der Waals surface area contributed by atoms with Crippen LogP contribution in [-0.2, 0) is 0 Å². The topological polar surface area (TPSA) is 49.4 Å². The zero-order valence-electron chi connectivity index (χ0n) is 8.15. The molecule has 0 aliphatic carbocycles. The third-order valence-corrected chi connectivity index (χ3v) is 2.24. The standard InChI is InChI=1S/C10H12N2O2/c1-13-9-4-3-8-7(10(9)14-2)5-6-12(8)11/h3-6H,11H2,1-2H3. The minimum atomic E-state index is 0.714. The summed E-state index contributed by atoms with van der Waals surface area (Å²) in [6.45, 7) is 0. The molecule has 2 rings (SSSR count). The molecule has 2 N–H and O–H groups in total. The molecule has 74 valence electrons. The lowest BCUT2D eigenvalue weighted by atomic mass is 10.2. The quantitative estimate of drug-likeness (QED) is 0.731. The third kappa shape index (κ3) is 1.08. The summed E-state index contributed by atoms with van der Waals surface area (Å²) in [7, 11) is 3.23. The lowest BCUT2D eigenvalue weighted by molar-refractivity contribution is 0.358. The molecular formula is C10H12N2O2. The Labute approximate surface area is 81.8 Å². The fourth-order valence-corrected chi connectivity index (χ4v) is 1.56. The van der Waals surface area contributed by atoms with Gasteiger partial charge < -0.3 is 15.3 Å². The number of methoxy groups -OCH3 is 2. The van der Waals surface area contributed by atoms with E-state index >= 15 is 0 Å². The molecule has 0 spiro atoms. The van der Waals surface area contributed by atoms with Gasteiger partial charge in [-0.2, -0.15) is 0 Å². The molecule has 0 radical (unpaired) electrons. The van der Waals surface area contributed by atoms with Gasteiger partial charge in [-0.1, -0.05) is 0 Å². The van der Waals surface area contributed by atoms with Crippen molar-refractivity contribution in [2.75, 3.05) is 20.1 Å². The van der Waals surface area contributed by atoms with Gasteiger partial charge in [0.2, 0.25) is 0 Å². The van der Waals surface area contributed by atoms with Crippen molar-refractivity contribution >= 4 is 10.9 Å². The monoisotopic (exact) mass is 192 g/mol. The molecule has 0 bridgehead atoms. The summed E-state index contributed by atoms with van der Waals surface area (Å²) >= 11 is 0. The zero-order valence-corrected chi connectivity index (χ0v) is 8.15. The second-order valence-electron chi connectivity index (χ2n) is 2.96. The van der Waals surface area contributed by atoms with Crippen LogP contribution in [0.25, 0.3) is 10.9 Å². The number of ether oxygens (including phenoxy) is 2. The van der Waals surface area contributed by atoms with Crippen molar-refractivity contribution in [3.8, 4) is 11.5 Å². The summed E-state index contributed by atoms with van der Waals surface area (Å²) < 4.78 is 12.0. The number of rotatable bonds is 2. The van der Waals surface area contributed by atoms with Crippen molar-refractivity contribution in [2.24, 2.45) is 0 Å². The maximum absolute atomic E-state index is 5.71. The minimum absolute atomic E-state index is 0.714. The summed E-state index contributed by atoms with van der Waals surface area (Å²) in [6.07, 6.45) is 1.78. The van der Waals surface area contributed by atoms with E-state index < -0.39 is 0 Å². The zero-order chi connectivity index (χ0) is 10.1. The highest BCUT2D eigenvalue weighted by atomic mass is 16.5. The van der Waals surface area contributed by atoms with Gasteiger partial charge in [-0.05, 0) is 18.2 Å². The van der Waals surface area contributed by atoms with Crippen LogP contribution < -0.4 is 15.3 Å². The molecule has 0 unspecified atom stereocenters. The fraction of sp³-hybridized carbons (Fsp3) is 0.200. The van der Waals surface area contributed by atoms with E-state index in [1.807, 2.05) is 18.2 Å². The first kappa shape index (κ1) is 8.74. The first-order chi connectivity index (χ1) is 6.77. The van der Waals surface area contributed by atoms with Crippen LogP contribution in [0.3, 0.4) is 0 Å². The van der Waals surface area contributed by atoms with Crippen LogP contribution in [0.1, 0.15) is 0 Å². The summed E-state index contributed by atoms with van der Waals surface area (Å²) in [6, 6.07) is 5.64. The van der Waals surface area contributed by atoms with Gasteiger partial charge in [0.25, 0.3) is 0 Å². The molecular weight excluding hydrogens is 180 g/mol. The summed E-state index contributed by atoms with van der Waals surface area (Å²) in [5.41, 5.74) is 0.919. The normalized spacial score (nSPS) is 10.4. The second-order valence-corrected chi connectivity index (χ2v) is 2.96. The van der Waals surface area contributed by atoms with Crippen molar-refractivity contribution in [2.45, 2.75) is 0 Å². The lowest BCUT2D eigenvalue weighted by Gasteiger charge is -2.08. The molecule has 1 heterocycles. The Balaban J connectivity index is 2.77. The Bertz CT molecular complexity index is 462. The summed E-state index contributed by atoms with van der Waals surface area (Å²) in [5, 5.41) is 0.953. The van der Waals surface area contributed by atoms with E-state index in [9.17, 15) is 0 Å². The lowest BCUT2D eigenvalue weighted by Crippen LogP contribution is -2.05. The Hall–Kier alpha value is -1.84. The van der Waals surface area contributed by atoms with E-state index in [0.29, 0.717) is 11.5 Å². The van der Waals surface area contributed by atoms with Gasteiger partial charge in [0.05, 0.1) is 19.7 Å². The van der Waals surface area contributed by atoms with Gasteiger partial charge in [-0.25, -0.2) is 0 Å². The molecule has 0 saturated carbocycles. The van der Waals surface area contributed by atoms with Gasteiger partial charge in [-0.3, -0.25) is 4.68 Å². The third-order valence-electron chi connectivity index (χ3n) is 2.24.